The van der Waals surface area contributed by atoms with Crippen LogP contribution in [0.3, 0.4) is 0 Å². The number of piperazine rings is 1. The molecule has 0 radical (unpaired) electrons. The number of thiazole rings is 1. The van der Waals surface area contributed by atoms with Gasteiger partial charge in [0.2, 0.25) is 0 Å². The summed E-state index contributed by atoms with van der Waals surface area (Å²) in [6.45, 7) is 4.72. The first kappa shape index (κ1) is 19.2. The lowest BCUT2D eigenvalue weighted by Gasteiger charge is -2.36. The van der Waals surface area contributed by atoms with E-state index in [0.717, 1.165) is 40.1 Å². The van der Waals surface area contributed by atoms with E-state index in [9.17, 15) is 4.79 Å². The highest BCUT2D eigenvalue weighted by Crippen LogP contribution is 2.31. The summed E-state index contributed by atoms with van der Waals surface area (Å²) in [5, 5.41) is 2.22. The van der Waals surface area contributed by atoms with Gasteiger partial charge in [-0.2, -0.15) is 0 Å². The summed E-state index contributed by atoms with van der Waals surface area (Å²) in [6.07, 6.45) is 0. The monoisotopic (exact) mass is 431 g/mol. The van der Waals surface area contributed by atoms with Crippen LogP contribution in [0.4, 0.5) is 5.69 Å². The largest absolute Gasteiger partial charge is 0.367 e. The number of carbonyl (C=O) groups is 1. The zero-order valence-corrected chi connectivity index (χ0v) is 17.7. The van der Waals surface area contributed by atoms with E-state index in [1.165, 1.54) is 11.3 Å². The van der Waals surface area contributed by atoms with Crippen molar-refractivity contribution in [1.82, 2.24) is 9.88 Å². The minimum atomic E-state index is 0.0436. The first-order valence-corrected chi connectivity index (χ1v) is 10.6. The van der Waals surface area contributed by atoms with Crippen molar-refractivity contribution in [2.24, 2.45) is 0 Å². The molecule has 0 saturated carbocycles. The Morgan fingerprint density at radius 2 is 1.79 bits per heavy atom. The molecule has 0 spiro atoms. The van der Waals surface area contributed by atoms with Gasteiger partial charge in [-0.05, 0) is 31.2 Å². The summed E-state index contributed by atoms with van der Waals surface area (Å²) < 4.78 is 0. The predicted molar refractivity (Wildman–Crippen MR) is 117 cm³/mol. The van der Waals surface area contributed by atoms with Gasteiger partial charge in [-0.15, -0.1) is 11.3 Å². The van der Waals surface area contributed by atoms with Gasteiger partial charge in [0, 0.05) is 36.8 Å². The molecule has 0 aliphatic carbocycles. The van der Waals surface area contributed by atoms with Crippen LogP contribution in [0.25, 0.3) is 10.6 Å². The lowest BCUT2D eigenvalue weighted by molar-refractivity contribution is 0.0750. The van der Waals surface area contributed by atoms with Gasteiger partial charge in [-0.25, -0.2) is 4.98 Å². The number of amides is 1. The van der Waals surface area contributed by atoms with Gasteiger partial charge in [-0.1, -0.05) is 47.5 Å². The fraction of sp³-hybridized carbons (Fsp3) is 0.238. The first-order valence-electron chi connectivity index (χ1n) is 9.05. The van der Waals surface area contributed by atoms with Gasteiger partial charge in [0.1, 0.15) is 9.88 Å². The van der Waals surface area contributed by atoms with E-state index in [4.69, 9.17) is 23.2 Å². The van der Waals surface area contributed by atoms with Crippen LogP contribution >= 0.6 is 34.5 Å². The summed E-state index contributed by atoms with van der Waals surface area (Å²) in [5.41, 5.74) is 2.72. The standard InChI is InChI=1S/C21H19Cl2N3OS/c1-14-19(28-20(24-14)15-5-4-6-16(22)13-15)21(27)26-11-9-25(10-12-26)18-8-3-2-7-17(18)23/h2-8,13H,9-12H2,1H3. The first-order chi connectivity index (χ1) is 13.5. The average molecular weight is 432 g/mol. The summed E-state index contributed by atoms with van der Waals surface area (Å²) in [6, 6.07) is 15.4. The SMILES string of the molecule is Cc1nc(-c2cccc(Cl)c2)sc1C(=O)N1CCN(c2ccccc2Cl)CC1. The molecule has 0 unspecified atom stereocenters. The summed E-state index contributed by atoms with van der Waals surface area (Å²) >= 11 is 13.8. The molecule has 144 valence electrons. The molecule has 1 amide bonds. The normalized spacial score (nSPS) is 14.4. The highest BCUT2D eigenvalue weighted by atomic mass is 35.5. The molecule has 0 atom stereocenters. The van der Waals surface area contributed by atoms with Crippen molar-refractivity contribution in [3.63, 3.8) is 0 Å². The van der Waals surface area contributed by atoms with Crippen LogP contribution in [0.1, 0.15) is 15.4 Å². The number of nitrogens with zero attached hydrogens (tertiary/aromatic N) is 3. The van der Waals surface area contributed by atoms with E-state index in [0.29, 0.717) is 23.0 Å². The number of para-hydroxylation sites is 1. The van der Waals surface area contributed by atoms with Crippen LogP contribution in [-0.2, 0) is 0 Å². The fourth-order valence-corrected chi connectivity index (χ4v) is 4.82. The third-order valence-corrected chi connectivity index (χ3v) is 6.57. The second-order valence-electron chi connectivity index (χ2n) is 6.67. The molecule has 0 N–H and O–H groups in total. The van der Waals surface area contributed by atoms with Crippen molar-refractivity contribution in [3.05, 3.63) is 69.1 Å². The molecule has 0 bridgehead atoms. The number of aryl methyl sites for hydroxylation is 1. The predicted octanol–water partition coefficient (Wildman–Crippen LogP) is 5.39. The van der Waals surface area contributed by atoms with E-state index in [2.05, 4.69) is 9.88 Å². The molecule has 4 rings (SSSR count). The Balaban J connectivity index is 1.48. The smallest absolute Gasteiger partial charge is 0.265 e. The quantitative estimate of drug-likeness (QED) is 0.557. The number of anilines is 1. The van der Waals surface area contributed by atoms with Crippen LogP contribution in [0.15, 0.2) is 48.5 Å². The van der Waals surface area contributed by atoms with Crippen molar-refractivity contribution < 1.29 is 4.79 Å². The van der Waals surface area contributed by atoms with Crippen LogP contribution in [0.5, 0.6) is 0 Å². The van der Waals surface area contributed by atoms with Gasteiger partial charge in [0.15, 0.2) is 0 Å². The molecule has 7 heteroatoms. The van der Waals surface area contributed by atoms with E-state index >= 15 is 0 Å². The lowest BCUT2D eigenvalue weighted by Crippen LogP contribution is -2.48. The van der Waals surface area contributed by atoms with Crippen LogP contribution < -0.4 is 4.90 Å². The molecule has 1 aromatic heterocycles. The zero-order chi connectivity index (χ0) is 19.7. The van der Waals surface area contributed by atoms with Crippen LogP contribution in [-0.4, -0.2) is 42.0 Å². The number of benzene rings is 2. The topological polar surface area (TPSA) is 36.4 Å². The minimum absolute atomic E-state index is 0.0436. The molecular weight excluding hydrogens is 413 g/mol. The Bertz CT molecular complexity index is 1010. The Morgan fingerprint density at radius 3 is 2.50 bits per heavy atom. The third kappa shape index (κ3) is 3.88. The lowest BCUT2D eigenvalue weighted by atomic mass is 10.2. The van der Waals surface area contributed by atoms with Crippen LogP contribution in [0, 0.1) is 6.92 Å². The Hall–Kier alpha value is -2.08. The molecule has 1 fully saturated rings. The fourth-order valence-electron chi connectivity index (χ4n) is 3.34. The van der Waals surface area contributed by atoms with Gasteiger partial charge >= 0.3 is 0 Å². The average Bonchev–Trinajstić information content (AvgIpc) is 3.10. The number of halogens is 2. The van der Waals surface area contributed by atoms with Crippen LogP contribution in [0.2, 0.25) is 10.0 Å². The van der Waals surface area contributed by atoms with E-state index < -0.39 is 0 Å². The molecule has 1 saturated heterocycles. The maximum atomic E-state index is 13.1. The highest BCUT2D eigenvalue weighted by molar-refractivity contribution is 7.17. The van der Waals surface area contributed by atoms with Crippen molar-refractivity contribution in [1.29, 1.82) is 0 Å². The Kier molecular flexibility index (Phi) is 5.58. The van der Waals surface area contributed by atoms with Crippen molar-refractivity contribution in [2.45, 2.75) is 6.92 Å². The number of carbonyl (C=O) groups excluding carboxylic acids is 1. The van der Waals surface area contributed by atoms with Gasteiger partial charge in [0.05, 0.1) is 16.4 Å². The second kappa shape index (κ2) is 8.11. The summed E-state index contributed by atoms with van der Waals surface area (Å²) in [5.74, 6) is 0.0436. The summed E-state index contributed by atoms with van der Waals surface area (Å²) in [7, 11) is 0. The molecule has 1 aliphatic heterocycles. The Labute approximate surface area is 178 Å². The molecular formula is C21H19Cl2N3OS. The van der Waals surface area contributed by atoms with Crippen molar-refractivity contribution in [2.75, 3.05) is 31.1 Å². The van der Waals surface area contributed by atoms with Crippen molar-refractivity contribution in [3.8, 4) is 10.6 Å². The molecule has 28 heavy (non-hydrogen) atoms. The minimum Gasteiger partial charge on any atom is -0.367 e. The molecule has 3 aromatic rings. The molecule has 2 aromatic carbocycles. The molecule has 2 heterocycles. The highest BCUT2D eigenvalue weighted by Gasteiger charge is 2.26. The second-order valence-corrected chi connectivity index (χ2v) is 8.52. The number of aromatic nitrogens is 1. The zero-order valence-electron chi connectivity index (χ0n) is 15.4. The third-order valence-electron chi connectivity index (χ3n) is 4.82. The van der Waals surface area contributed by atoms with Gasteiger partial charge in [-0.3, -0.25) is 4.79 Å². The van der Waals surface area contributed by atoms with Gasteiger partial charge in [0.25, 0.3) is 5.91 Å². The number of hydrogen-bond donors (Lipinski definition) is 0. The molecule has 1 aliphatic rings. The Morgan fingerprint density at radius 1 is 1.04 bits per heavy atom. The summed E-state index contributed by atoms with van der Waals surface area (Å²) in [4.78, 5) is 22.5. The van der Waals surface area contributed by atoms with Crippen molar-refractivity contribution >= 4 is 46.1 Å². The number of rotatable bonds is 3. The molecule has 4 nitrogen and oxygen atoms in total. The van der Waals surface area contributed by atoms with Gasteiger partial charge < -0.3 is 9.80 Å². The maximum absolute atomic E-state index is 13.1. The van der Waals surface area contributed by atoms with E-state index in [-0.39, 0.29) is 5.91 Å². The van der Waals surface area contributed by atoms with E-state index in [1.54, 1.807) is 0 Å². The maximum Gasteiger partial charge on any atom is 0.265 e. The van der Waals surface area contributed by atoms with E-state index in [1.807, 2.05) is 60.4 Å². The number of hydrogen-bond acceptors (Lipinski definition) is 4.